The number of hydrogen-bond donors (Lipinski definition) is 1. The third-order valence-electron chi connectivity index (χ3n) is 2.51. The lowest BCUT2D eigenvalue weighted by molar-refractivity contribution is 0.101. The van der Waals surface area contributed by atoms with Crippen LogP contribution in [0.1, 0.15) is 20.8 Å². The summed E-state index contributed by atoms with van der Waals surface area (Å²) in [7, 11) is 0. The van der Waals surface area contributed by atoms with E-state index in [0.717, 1.165) is 4.57 Å². The Kier molecular flexibility index (Phi) is 5.15. The van der Waals surface area contributed by atoms with E-state index in [1.807, 2.05) is 20.8 Å². The molecule has 0 aliphatic heterocycles. The molecule has 0 spiro atoms. The molecule has 6 heteroatoms. The lowest BCUT2D eigenvalue weighted by atomic mass is 10.2. The first kappa shape index (κ1) is 14.5. The van der Waals surface area contributed by atoms with Gasteiger partial charge in [-0.2, -0.15) is 0 Å². The summed E-state index contributed by atoms with van der Waals surface area (Å²) in [4.78, 5) is 23.7. The maximum Gasteiger partial charge on any atom is 0.331 e. The summed E-state index contributed by atoms with van der Waals surface area (Å²) in [5.74, 6) is 0.426. The van der Waals surface area contributed by atoms with Crippen molar-refractivity contribution in [3.63, 3.8) is 0 Å². The third kappa shape index (κ3) is 3.46. The maximum absolute atomic E-state index is 11.9. The van der Waals surface area contributed by atoms with E-state index in [0.29, 0.717) is 25.7 Å². The normalized spacial score (nSPS) is 11.1. The number of rotatable bonds is 6. The highest BCUT2D eigenvalue weighted by Crippen LogP contribution is 1.93. The number of ether oxygens (including phenoxy) is 1. The maximum atomic E-state index is 11.9. The topological polar surface area (TPSA) is 79.2 Å². The fourth-order valence-corrected chi connectivity index (χ4v) is 1.57. The number of aromatic nitrogens is 2. The van der Waals surface area contributed by atoms with Crippen LogP contribution in [0.15, 0.2) is 15.8 Å². The van der Waals surface area contributed by atoms with Crippen LogP contribution in [0.5, 0.6) is 0 Å². The molecule has 0 aliphatic rings. The Bertz CT molecular complexity index is 502. The molecule has 0 saturated carbocycles. The van der Waals surface area contributed by atoms with Gasteiger partial charge >= 0.3 is 5.69 Å². The van der Waals surface area contributed by atoms with Crippen molar-refractivity contribution in [3.8, 4) is 0 Å². The molecule has 0 bridgehead atoms. The Morgan fingerprint density at radius 2 is 2.06 bits per heavy atom. The second kappa shape index (κ2) is 6.39. The zero-order valence-corrected chi connectivity index (χ0v) is 11.2. The van der Waals surface area contributed by atoms with Crippen LogP contribution in [0.2, 0.25) is 0 Å². The summed E-state index contributed by atoms with van der Waals surface area (Å²) in [6.07, 6.45) is 1.39. The lowest BCUT2D eigenvalue weighted by Gasteiger charge is -2.11. The lowest BCUT2D eigenvalue weighted by Crippen LogP contribution is -2.41. The smallest absolute Gasteiger partial charge is 0.331 e. The SMILES string of the molecule is CCn1cc(N)c(=O)n(CCOCC(C)C)c1=O. The fraction of sp³-hybridized carbons (Fsp3) is 0.667. The highest BCUT2D eigenvalue weighted by atomic mass is 16.5. The van der Waals surface area contributed by atoms with Crippen LogP contribution in [-0.2, 0) is 17.8 Å². The predicted molar refractivity (Wildman–Crippen MR) is 70.7 cm³/mol. The Morgan fingerprint density at radius 3 is 2.61 bits per heavy atom. The fourth-order valence-electron chi connectivity index (χ4n) is 1.57. The van der Waals surface area contributed by atoms with Crippen LogP contribution >= 0.6 is 0 Å². The highest BCUT2D eigenvalue weighted by molar-refractivity contribution is 5.30. The molecule has 0 amide bonds. The van der Waals surface area contributed by atoms with Gasteiger partial charge in [-0.05, 0) is 12.8 Å². The first-order valence-corrected chi connectivity index (χ1v) is 6.14. The predicted octanol–water partition coefficient (Wildman–Crippen LogP) is 0.285. The van der Waals surface area contributed by atoms with E-state index in [-0.39, 0.29) is 17.9 Å². The molecule has 1 rings (SSSR count). The van der Waals surface area contributed by atoms with Crippen molar-refractivity contribution in [2.24, 2.45) is 5.92 Å². The number of anilines is 1. The van der Waals surface area contributed by atoms with E-state index in [9.17, 15) is 9.59 Å². The highest BCUT2D eigenvalue weighted by Gasteiger charge is 2.08. The molecule has 0 radical (unpaired) electrons. The quantitative estimate of drug-likeness (QED) is 0.741. The zero-order valence-electron chi connectivity index (χ0n) is 11.2. The van der Waals surface area contributed by atoms with Gasteiger partial charge in [-0.1, -0.05) is 13.8 Å². The van der Waals surface area contributed by atoms with E-state index in [2.05, 4.69) is 0 Å². The van der Waals surface area contributed by atoms with Crippen LogP contribution in [-0.4, -0.2) is 22.3 Å². The Balaban J connectivity index is 2.85. The monoisotopic (exact) mass is 255 g/mol. The Hall–Kier alpha value is -1.56. The molecule has 1 aromatic heterocycles. The van der Waals surface area contributed by atoms with Crippen LogP contribution in [0, 0.1) is 5.92 Å². The summed E-state index contributed by atoms with van der Waals surface area (Å²) in [6.45, 7) is 7.56. The average molecular weight is 255 g/mol. The molecule has 0 aromatic carbocycles. The zero-order chi connectivity index (χ0) is 13.7. The van der Waals surface area contributed by atoms with E-state index < -0.39 is 5.56 Å². The first-order chi connectivity index (χ1) is 8.47. The van der Waals surface area contributed by atoms with Crippen molar-refractivity contribution < 1.29 is 4.74 Å². The molecule has 0 atom stereocenters. The largest absolute Gasteiger partial charge is 0.393 e. The van der Waals surface area contributed by atoms with Crippen LogP contribution in [0.25, 0.3) is 0 Å². The van der Waals surface area contributed by atoms with Gasteiger partial charge in [-0.15, -0.1) is 0 Å². The van der Waals surface area contributed by atoms with Crippen molar-refractivity contribution in [1.82, 2.24) is 9.13 Å². The molecule has 1 aromatic rings. The number of nitrogen functional groups attached to an aromatic ring is 1. The molecular weight excluding hydrogens is 234 g/mol. The summed E-state index contributed by atoms with van der Waals surface area (Å²) < 4.78 is 7.91. The van der Waals surface area contributed by atoms with Crippen LogP contribution < -0.4 is 17.0 Å². The Morgan fingerprint density at radius 1 is 1.39 bits per heavy atom. The molecule has 0 fully saturated rings. The van der Waals surface area contributed by atoms with Gasteiger partial charge in [0.2, 0.25) is 0 Å². The van der Waals surface area contributed by atoms with Crippen LogP contribution in [0.3, 0.4) is 0 Å². The van der Waals surface area contributed by atoms with E-state index in [1.165, 1.54) is 10.8 Å². The molecule has 1 heterocycles. The summed E-state index contributed by atoms with van der Waals surface area (Å²) in [5, 5.41) is 0. The van der Waals surface area contributed by atoms with Gasteiger partial charge < -0.3 is 10.5 Å². The molecule has 0 aliphatic carbocycles. The van der Waals surface area contributed by atoms with E-state index >= 15 is 0 Å². The van der Waals surface area contributed by atoms with E-state index in [4.69, 9.17) is 10.5 Å². The molecule has 2 N–H and O–H groups in total. The van der Waals surface area contributed by atoms with Gasteiger partial charge in [-0.3, -0.25) is 13.9 Å². The van der Waals surface area contributed by atoms with Gasteiger partial charge in [0, 0.05) is 19.3 Å². The minimum Gasteiger partial charge on any atom is -0.393 e. The van der Waals surface area contributed by atoms with Crippen molar-refractivity contribution in [3.05, 3.63) is 27.0 Å². The van der Waals surface area contributed by atoms with Gasteiger partial charge in [-0.25, -0.2) is 4.79 Å². The molecule has 6 nitrogen and oxygen atoms in total. The number of nitrogens with two attached hydrogens (primary N) is 1. The summed E-state index contributed by atoms with van der Waals surface area (Å²) in [6, 6.07) is 0. The van der Waals surface area contributed by atoms with Crippen molar-refractivity contribution >= 4 is 5.69 Å². The van der Waals surface area contributed by atoms with Crippen molar-refractivity contribution in [1.29, 1.82) is 0 Å². The molecule has 18 heavy (non-hydrogen) atoms. The minimum absolute atomic E-state index is 0.0836. The molecular formula is C12H21N3O3. The first-order valence-electron chi connectivity index (χ1n) is 6.14. The van der Waals surface area contributed by atoms with E-state index in [1.54, 1.807) is 0 Å². The molecule has 0 saturated heterocycles. The van der Waals surface area contributed by atoms with Gasteiger partial charge in [0.1, 0.15) is 5.69 Å². The summed E-state index contributed by atoms with van der Waals surface area (Å²) in [5.41, 5.74) is 4.88. The average Bonchev–Trinajstić information content (AvgIpc) is 2.32. The second-order valence-electron chi connectivity index (χ2n) is 4.58. The number of nitrogens with zero attached hydrogens (tertiary/aromatic N) is 2. The number of aryl methyl sites for hydroxylation is 1. The summed E-state index contributed by atoms with van der Waals surface area (Å²) >= 11 is 0. The number of hydrogen-bond acceptors (Lipinski definition) is 4. The van der Waals surface area contributed by atoms with Gasteiger partial charge in [0.05, 0.1) is 13.2 Å². The standard InChI is InChI=1S/C12H21N3O3/c1-4-14-7-10(13)11(16)15(12(14)17)5-6-18-8-9(2)3/h7,9H,4-6,8,13H2,1-3H3. The van der Waals surface area contributed by atoms with Crippen LogP contribution in [0.4, 0.5) is 5.69 Å². The minimum atomic E-state index is -0.446. The third-order valence-corrected chi connectivity index (χ3v) is 2.51. The second-order valence-corrected chi connectivity index (χ2v) is 4.58. The van der Waals surface area contributed by atoms with Gasteiger partial charge in [0.15, 0.2) is 0 Å². The van der Waals surface area contributed by atoms with Crippen molar-refractivity contribution in [2.75, 3.05) is 18.9 Å². The molecule has 0 unspecified atom stereocenters. The van der Waals surface area contributed by atoms with Gasteiger partial charge in [0.25, 0.3) is 5.56 Å². The Labute approximate surface area is 106 Å². The molecule has 102 valence electrons. The van der Waals surface area contributed by atoms with Crippen molar-refractivity contribution in [2.45, 2.75) is 33.9 Å².